The molecule has 0 saturated heterocycles. The second-order valence-electron chi connectivity index (χ2n) is 5.25. The van der Waals surface area contributed by atoms with E-state index in [-0.39, 0.29) is 11.7 Å². The van der Waals surface area contributed by atoms with Crippen molar-refractivity contribution in [2.24, 2.45) is 0 Å². The molecule has 0 saturated carbocycles. The molecule has 1 aromatic carbocycles. The number of nitrogens with zero attached hydrogens (tertiary/aromatic N) is 1. The molecule has 0 aliphatic carbocycles. The van der Waals surface area contributed by atoms with Crippen molar-refractivity contribution in [3.63, 3.8) is 0 Å². The molecule has 0 unspecified atom stereocenters. The number of rotatable bonds is 1. The summed E-state index contributed by atoms with van der Waals surface area (Å²) in [6, 6.07) is 8.18. The fraction of sp³-hybridized carbons (Fsp3) is 0.333. The normalized spacial score (nSPS) is 21.8. The molecule has 3 rings (SSSR count). The topological polar surface area (TPSA) is 14.2 Å². The number of ether oxygens (including phenoxy) is 1. The summed E-state index contributed by atoms with van der Waals surface area (Å²) in [6.45, 7) is 8.82. The van der Waals surface area contributed by atoms with E-state index in [9.17, 15) is 0 Å². The van der Waals surface area contributed by atoms with E-state index in [2.05, 4.69) is 37.1 Å². The van der Waals surface area contributed by atoms with Gasteiger partial charge >= 0.3 is 0 Å². The van der Waals surface area contributed by atoms with Crippen LogP contribution in [0.4, 0.5) is 0 Å². The van der Waals surface area contributed by atoms with Gasteiger partial charge in [-0.2, -0.15) is 0 Å². The average Bonchev–Trinajstić information content (AvgIpc) is 2.67. The van der Waals surface area contributed by atoms with Gasteiger partial charge in [-0.05, 0) is 32.0 Å². The molecule has 0 radical (unpaired) electrons. The Balaban J connectivity index is 2.27. The Hall–Kier alpha value is -1.25. The van der Waals surface area contributed by atoms with Gasteiger partial charge in [-0.25, -0.2) is 0 Å². The van der Waals surface area contributed by atoms with Gasteiger partial charge in [-0.15, -0.1) is 6.58 Å². The van der Waals surface area contributed by atoms with Crippen LogP contribution in [0.1, 0.15) is 19.5 Å². The highest BCUT2D eigenvalue weighted by Crippen LogP contribution is 2.36. The molecule has 0 N–H and O–H groups in total. The molecule has 94 valence electrons. The van der Waals surface area contributed by atoms with Crippen LogP contribution in [0.2, 0.25) is 5.02 Å². The fourth-order valence-corrected chi connectivity index (χ4v) is 2.87. The molecule has 0 amide bonds. The quantitative estimate of drug-likeness (QED) is 0.705. The van der Waals surface area contributed by atoms with Crippen molar-refractivity contribution in [2.75, 3.05) is 0 Å². The molecule has 18 heavy (non-hydrogen) atoms. The largest absolute Gasteiger partial charge is 0.360 e. The SMILES string of the molecule is C=C[C@H]1Cn2c(cc3ccc(Cl)cc32)C(C)(C)O1. The van der Waals surface area contributed by atoms with Crippen LogP contribution >= 0.6 is 11.6 Å². The molecule has 1 atom stereocenters. The summed E-state index contributed by atoms with van der Waals surface area (Å²) in [4.78, 5) is 0. The van der Waals surface area contributed by atoms with E-state index in [1.807, 2.05) is 18.2 Å². The number of benzene rings is 1. The molecule has 1 aromatic heterocycles. The van der Waals surface area contributed by atoms with Crippen LogP contribution in [-0.2, 0) is 16.9 Å². The smallest absolute Gasteiger partial charge is 0.103 e. The number of fused-ring (bicyclic) bond motifs is 3. The lowest BCUT2D eigenvalue weighted by molar-refractivity contribution is -0.0847. The van der Waals surface area contributed by atoms with Crippen molar-refractivity contribution in [2.45, 2.75) is 32.1 Å². The first kappa shape index (κ1) is 11.8. The summed E-state index contributed by atoms with van der Waals surface area (Å²) in [5.41, 5.74) is 2.06. The van der Waals surface area contributed by atoms with Gasteiger partial charge in [0.1, 0.15) is 5.60 Å². The van der Waals surface area contributed by atoms with Gasteiger partial charge in [-0.3, -0.25) is 0 Å². The summed E-state index contributed by atoms with van der Waals surface area (Å²) in [6.07, 6.45) is 1.91. The van der Waals surface area contributed by atoms with Gasteiger partial charge in [-0.1, -0.05) is 23.7 Å². The van der Waals surface area contributed by atoms with Crippen molar-refractivity contribution >= 4 is 22.5 Å². The maximum absolute atomic E-state index is 6.09. The van der Waals surface area contributed by atoms with Crippen molar-refractivity contribution in [3.05, 3.63) is 47.6 Å². The standard InChI is InChI=1S/C15H16ClNO/c1-4-12-9-17-13-8-11(16)6-5-10(13)7-14(17)15(2,3)18-12/h4-8,12H,1,9H2,2-3H3/t12-/m0/s1. The van der Waals surface area contributed by atoms with Crippen LogP contribution in [0.15, 0.2) is 36.9 Å². The molecular weight excluding hydrogens is 246 g/mol. The average molecular weight is 262 g/mol. The molecule has 3 heteroatoms. The van der Waals surface area contributed by atoms with Crippen molar-refractivity contribution in [1.29, 1.82) is 0 Å². The first-order chi connectivity index (χ1) is 8.51. The highest BCUT2D eigenvalue weighted by Gasteiger charge is 2.33. The minimum atomic E-state index is -0.303. The Morgan fingerprint density at radius 3 is 2.94 bits per heavy atom. The monoisotopic (exact) mass is 261 g/mol. The Bertz CT molecular complexity index is 627. The van der Waals surface area contributed by atoms with Crippen molar-refractivity contribution in [3.8, 4) is 0 Å². The molecule has 0 spiro atoms. The molecule has 2 aromatic rings. The predicted octanol–water partition coefficient (Wildman–Crippen LogP) is 4.11. The van der Waals surface area contributed by atoms with Crippen LogP contribution < -0.4 is 0 Å². The van der Waals surface area contributed by atoms with Crippen LogP contribution in [0.3, 0.4) is 0 Å². The third-order valence-corrected chi connectivity index (χ3v) is 3.79. The number of halogens is 1. The maximum atomic E-state index is 6.09. The molecule has 2 nitrogen and oxygen atoms in total. The first-order valence-electron chi connectivity index (χ1n) is 6.11. The minimum Gasteiger partial charge on any atom is -0.360 e. The lowest BCUT2D eigenvalue weighted by Crippen LogP contribution is -2.38. The van der Waals surface area contributed by atoms with E-state index in [1.54, 1.807) is 0 Å². The summed E-state index contributed by atoms with van der Waals surface area (Å²) in [7, 11) is 0. The zero-order chi connectivity index (χ0) is 12.9. The zero-order valence-corrected chi connectivity index (χ0v) is 11.4. The number of hydrogen-bond acceptors (Lipinski definition) is 1. The van der Waals surface area contributed by atoms with Crippen molar-refractivity contribution < 1.29 is 4.74 Å². The van der Waals surface area contributed by atoms with Crippen LogP contribution in [0.5, 0.6) is 0 Å². The van der Waals surface area contributed by atoms with E-state index >= 15 is 0 Å². The van der Waals surface area contributed by atoms with Crippen molar-refractivity contribution in [1.82, 2.24) is 4.57 Å². The Kier molecular flexibility index (Phi) is 2.54. The third kappa shape index (κ3) is 1.68. The van der Waals surface area contributed by atoms with Crippen LogP contribution in [0, 0.1) is 0 Å². The van der Waals surface area contributed by atoms with E-state index in [0.717, 1.165) is 11.6 Å². The zero-order valence-electron chi connectivity index (χ0n) is 10.6. The second kappa shape index (κ2) is 3.87. The van der Waals surface area contributed by atoms with Gasteiger partial charge in [0.2, 0.25) is 0 Å². The summed E-state index contributed by atoms with van der Waals surface area (Å²) in [5.74, 6) is 0. The molecule has 0 fully saturated rings. The van der Waals surface area contributed by atoms with Gasteiger partial charge in [0.15, 0.2) is 0 Å². The van der Waals surface area contributed by atoms with E-state index in [4.69, 9.17) is 16.3 Å². The van der Waals surface area contributed by atoms with E-state index in [1.165, 1.54) is 16.6 Å². The number of aromatic nitrogens is 1. The fourth-order valence-electron chi connectivity index (χ4n) is 2.70. The Morgan fingerprint density at radius 1 is 1.44 bits per heavy atom. The summed E-state index contributed by atoms with van der Waals surface area (Å²) in [5, 5.41) is 1.97. The van der Waals surface area contributed by atoms with Gasteiger partial charge in [0, 0.05) is 15.9 Å². The molecule has 1 aliphatic rings. The molecular formula is C15H16ClNO. The first-order valence-corrected chi connectivity index (χ1v) is 6.49. The van der Waals surface area contributed by atoms with Gasteiger partial charge in [0.25, 0.3) is 0 Å². The lowest BCUT2D eigenvalue weighted by Gasteiger charge is -2.36. The Morgan fingerprint density at radius 2 is 2.22 bits per heavy atom. The second-order valence-corrected chi connectivity index (χ2v) is 5.68. The third-order valence-electron chi connectivity index (χ3n) is 3.55. The van der Waals surface area contributed by atoms with Crippen LogP contribution in [0.25, 0.3) is 10.9 Å². The lowest BCUT2D eigenvalue weighted by atomic mass is 10.0. The maximum Gasteiger partial charge on any atom is 0.103 e. The Labute approximate surface area is 112 Å². The predicted molar refractivity (Wildman–Crippen MR) is 75.0 cm³/mol. The van der Waals surface area contributed by atoms with Crippen LogP contribution in [-0.4, -0.2) is 10.7 Å². The number of hydrogen-bond donors (Lipinski definition) is 0. The minimum absolute atomic E-state index is 0.0436. The van der Waals surface area contributed by atoms with Gasteiger partial charge < -0.3 is 9.30 Å². The van der Waals surface area contributed by atoms with Gasteiger partial charge in [0.05, 0.1) is 18.3 Å². The van der Waals surface area contributed by atoms with E-state index in [0.29, 0.717) is 0 Å². The molecule has 1 aliphatic heterocycles. The summed E-state index contributed by atoms with van der Waals surface area (Å²) >= 11 is 6.09. The molecule has 0 bridgehead atoms. The highest BCUT2D eigenvalue weighted by atomic mass is 35.5. The molecule has 2 heterocycles. The van der Waals surface area contributed by atoms with E-state index < -0.39 is 0 Å². The summed E-state index contributed by atoms with van der Waals surface area (Å²) < 4.78 is 8.33. The highest BCUT2D eigenvalue weighted by molar-refractivity contribution is 6.31.